The molecule has 116 valence electrons. The van der Waals surface area contributed by atoms with Crippen LogP contribution < -0.4 is 0 Å². The van der Waals surface area contributed by atoms with Crippen molar-refractivity contribution in [2.24, 2.45) is 5.92 Å². The molecule has 0 N–H and O–H groups in total. The summed E-state index contributed by atoms with van der Waals surface area (Å²) in [6, 6.07) is 8.83. The molecule has 0 aromatic heterocycles. The second kappa shape index (κ2) is 6.12. The Hall–Kier alpha value is -1.82. The zero-order valence-corrected chi connectivity index (χ0v) is 14.7. The molecule has 1 atom stereocenters. The van der Waals surface area contributed by atoms with Crippen molar-refractivity contribution < 1.29 is 0 Å². The maximum atomic E-state index is 4.35. The summed E-state index contributed by atoms with van der Waals surface area (Å²) in [5.74, 6) is 0.461. The Morgan fingerprint density at radius 2 is 1.77 bits per heavy atom. The number of benzene rings is 1. The van der Waals surface area contributed by atoms with Gasteiger partial charge in [0.05, 0.1) is 0 Å². The normalized spacial score (nSPS) is 18.4. The second-order valence-electron chi connectivity index (χ2n) is 7.17. The van der Waals surface area contributed by atoms with Gasteiger partial charge in [0.15, 0.2) is 0 Å². The van der Waals surface area contributed by atoms with Crippen LogP contribution in [0.4, 0.5) is 0 Å². The van der Waals surface area contributed by atoms with Gasteiger partial charge < -0.3 is 0 Å². The monoisotopic (exact) mass is 292 g/mol. The van der Waals surface area contributed by atoms with Crippen LogP contribution in [0.5, 0.6) is 0 Å². The molecule has 0 spiro atoms. The van der Waals surface area contributed by atoms with Crippen LogP contribution in [-0.4, -0.2) is 0 Å². The molecule has 1 aromatic carbocycles. The molecule has 1 aromatic rings. The second-order valence-corrected chi connectivity index (χ2v) is 7.17. The fourth-order valence-corrected chi connectivity index (χ4v) is 3.11. The lowest BCUT2D eigenvalue weighted by atomic mass is 9.85. The zero-order chi connectivity index (χ0) is 16.5. The topological polar surface area (TPSA) is 0 Å². The SMILES string of the molecule is C=CC1=C(C(=C)c2ccc(C(C)(C)C)cc2)C=C(CC)C1C. The Morgan fingerprint density at radius 1 is 1.18 bits per heavy atom. The highest BCUT2D eigenvalue weighted by Gasteiger charge is 2.23. The molecule has 22 heavy (non-hydrogen) atoms. The van der Waals surface area contributed by atoms with Crippen LogP contribution >= 0.6 is 0 Å². The molecule has 0 bridgehead atoms. The third-order valence-corrected chi connectivity index (χ3v) is 4.72. The number of rotatable bonds is 4. The van der Waals surface area contributed by atoms with Gasteiger partial charge in [0.1, 0.15) is 0 Å². The van der Waals surface area contributed by atoms with Gasteiger partial charge in [-0.1, -0.05) is 89.8 Å². The summed E-state index contributed by atoms with van der Waals surface area (Å²) in [4.78, 5) is 0. The standard InChI is InChI=1S/C22H28/c1-8-17-14-21(20(9-2)15(17)3)16(4)18-10-12-19(13-11-18)22(5,6)7/h9-15H,2,4,8H2,1,3,5-7H3. The van der Waals surface area contributed by atoms with E-state index >= 15 is 0 Å². The van der Waals surface area contributed by atoms with Gasteiger partial charge in [-0.3, -0.25) is 0 Å². The van der Waals surface area contributed by atoms with Crippen LogP contribution in [0.15, 0.2) is 66.3 Å². The van der Waals surface area contributed by atoms with Gasteiger partial charge in [-0.25, -0.2) is 0 Å². The first kappa shape index (κ1) is 16.5. The van der Waals surface area contributed by atoms with E-state index in [0.717, 1.165) is 12.0 Å². The van der Waals surface area contributed by atoms with Crippen molar-refractivity contribution >= 4 is 5.57 Å². The predicted molar refractivity (Wildman–Crippen MR) is 98.9 cm³/mol. The predicted octanol–water partition coefficient (Wildman–Crippen LogP) is 6.47. The van der Waals surface area contributed by atoms with E-state index in [2.05, 4.69) is 78.1 Å². The molecule has 0 heteroatoms. The smallest absolute Gasteiger partial charge is 0.00289 e. The summed E-state index contributed by atoms with van der Waals surface area (Å²) in [5, 5.41) is 0. The molecule has 0 aliphatic heterocycles. The highest BCUT2D eigenvalue weighted by Crippen LogP contribution is 2.39. The number of allylic oxidation sites excluding steroid dienone is 6. The molecule has 0 amide bonds. The molecule has 0 nitrogen and oxygen atoms in total. The quantitative estimate of drug-likeness (QED) is 0.597. The highest BCUT2D eigenvalue weighted by molar-refractivity contribution is 5.83. The van der Waals surface area contributed by atoms with E-state index in [0.29, 0.717) is 5.92 Å². The highest BCUT2D eigenvalue weighted by atomic mass is 14.3. The van der Waals surface area contributed by atoms with E-state index in [-0.39, 0.29) is 5.41 Å². The van der Waals surface area contributed by atoms with Gasteiger partial charge in [-0.2, -0.15) is 0 Å². The first-order valence-electron chi connectivity index (χ1n) is 8.16. The van der Waals surface area contributed by atoms with E-state index in [1.807, 2.05) is 6.08 Å². The maximum Gasteiger partial charge on any atom is 0.00289 e. The molecule has 0 saturated carbocycles. The van der Waals surface area contributed by atoms with Crippen LogP contribution in [0.2, 0.25) is 0 Å². The van der Waals surface area contributed by atoms with Gasteiger partial charge in [0.2, 0.25) is 0 Å². The van der Waals surface area contributed by atoms with Crippen molar-refractivity contribution in [3.05, 3.63) is 77.4 Å². The average molecular weight is 292 g/mol. The molecule has 0 saturated heterocycles. The lowest BCUT2D eigenvalue weighted by molar-refractivity contribution is 0.590. The summed E-state index contributed by atoms with van der Waals surface area (Å²) >= 11 is 0. The molecular formula is C22H28. The minimum Gasteiger partial charge on any atom is -0.0987 e. The van der Waals surface area contributed by atoms with Crippen LogP contribution in [0.1, 0.15) is 52.2 Å². The van der Waals surface area contributed by atoms with Gasteiger partial charge >= 0.3 is 0 Å². The van der Waals surface area contributed by atoms with Crippen molar-refractivity contribution in [1.29, 1.82) is 0 Å². The minimum absolute atomic E-state index is 0.183. The van der Waals surface area contributed by atoms with E-state index in [1.54, 1.807) is 0 Å². The van der Waals surface area contributed by atoms with E-state index in [9.17, 15) is 0 Å². The fraction of sp³-hybridized carbons (Fsp3) is 0.364. The number of hydrogen-bond donors (Lipinski definition) is 0. The molecule has 0 fully saturated rings. The maximum absolute atomic E-state index is 4.35. The van der Waals surface area contributed by atoms with Crippen molar-refractivity contribution in [3.63, 3.8) is 0 Å². The van der Waals surface area contributed by atoms with E-state index < -0.39 is 0 Å². The molecule has 1 aliphatic rings. The summed E-state index contributed by atoms with van der Waals surface area (Å²) in [6.07, 6.45) is 5.38. The first-order valence-corrected chi connectivity index (χ1v) is 8.16. The van der Waals surface area contributed by atoms with Crippen LogP contribution in [-0.2, 0) is 5.41 Å². The van der Waals surface area contributed by atoms with Gasteiger partial charge in [-0.05, 0) is 39.7 Å². The van der Waals surface area contributed by atoms with Gasteiger partial charge in [0, 0.05) is 5.92 Å². The lowest BCUT2D eigenvalue weighted by Gasteiger charge is -2.19. The Balaban J connectivity index is 2.37. The molecule has 0 radical (unpaired) electrons. The van der Waals surface area contributed by atoms with Crippen LogP contribution in [0.25, 0.3) is 5.57 Å². The largest absolute Gasteiger partial charge is 0.0987 e. The van der Waals surface area contributed by atoms with E-state index in [4.69, 9.17) is 0 Å². The molecular weight excluding hydrogens is 264 g/mol. The Bertz CT molecular complexity index is 642. The Kier molecular flexibility index (Phi) is 4.60. The van der Waals surface area contributed by atoms with E-state index in [1.165, 1.54) is 27.8 Å². The summed E-state index contributed by atoms with van der Waals surface area (Å²) < 4.78 is 0. The molecule has 0 heterocycles. The zero-order valence-electron chi connectivity index (χ0n) is 14.7. The Labute approximate surface area is 136 Å². The third kappa shape index (κ3) is 3.02. The molecule has 1 aliphatic carbocycles. The minimum atomic E-state index is 0.183. The summed E-state index contributed by atoms with van der Waals surface area (Å²) in [5.41, 5.74) is 7.87. The number of hydrogen-bond acceptors (Lipinski definition) is 0. The first-order chi connectivity index (χ1) is 10.3. The van der Waals surface area contributed by atoms with Crippen molar-refractivity contribution in [2.75, 3.05) is 0 Å². The van der Waals surface area contributed by atoms with Gasteiger partial charge in [-0.15, -0.1) is 0 Å². The fourth-order valence-electron chi connectivity index (χ4n) is 3.11. The average Bonchev–Trinajstić information content (AvgIpc) is 2.81. The third-order valence-electron chi connectivity index (χ3n) is 4.72. The van der Waals surface area contributed by atoms with Crippen molar-refractivity contribution in [2.45, 2.75) is 46.5 Å². The van der Waals surface area contributed by atoms with Crippen molar-refractivity contribution in [3.8, 4) is 0 Å². The summed E-state index contributed by atoms with van der Waals surface area (Å²) in [6.45, 7) is 19.5. The molecule has 2 rings (SSSR count). The molecule has 1 unspecified atom stereocenters. The lowest BCUT2D eigenvalue weighted by Crippen LogP contribution is -2.10. The van der Waals surface area contributed by atoms with Crippen molar-refractivity contribution in [1.82, 2.24) is 0 Å². The summed E-state index contributed by atoms with van der Waals surface area (Å²) in [7, 11) is 0. The Morgan fingerprint density at radius 3 is 2.23 bits per heavy atom. The van der Waals surface area contributed by atoms with Crippen LogP contribution in [0.3, 0.4) is 0 Å². The van der Waals surface area contributed by atoms with Crippen LogP contribution in [0, 0.1) is 5.92 Å². The van der Waals surface area contributed by atoms with Gasteiger partial charge in [0.25, 0.3) is 0 Å².